The van der Waals surface area contributed by atoms with Crippen LogP contribution in [0.25, 0.3) is 0 Å². The third-order valence-corrected chi connectivity index (χ3v) is 2.00. The standard InChI is InChI=1S/C8H8ClNO3/c1-8(11,10(12)13)6-2-4-7(9)5-3-6/h2-5,11H,1H3. The van der Waals surface area contributed by atoms with E-state index in [9.17, 15) is 15.2 Å². The molecular formula is C8H8ClNO3. The van der Waals surface area contributed by atoms with Gasteiger partial charge in [-0.05, 0) is 24.3 Å². The number of halogens is 1. The average Bonchev–Trinajstić information content (AvgIpc) is 2.04. The summed E-state index contributed by atoms with van der Waals surface area (Å²) < 4.78 is 0. The van der Waals surface area contributed by atoms with Crippen LogP contribution in [0.4, 0.5) is 0 Å². The molecule has 0 aliphatic heterocycles. The SMILES string of the molecule is CC(O)(c1ccc(Cl)cc1)[N+](=O)[O-]. The number of benzene rings is 1. The zero-order valence-electron chi connectivity index (χ0n) is 6.90. The smallest absolute Gasteiger partial charge is 0.327 e. The van der Waals surface area contributed by atoms with Crippen LogP contribution in [0, 0.1) is 10.1 Å². The van der Waals surface area contributed by atoms with Crippen molar-refractivity contribution in [3.05, 3.63) is 45.0 Å². The van der Waals surface area contributed by atoms with Gasteiger partial charge in [0.05, 0.1) is 10.5 Å². The molecular weight excluding hydrogens is 194 g/mol. The molecule has 0 aromatic heterocycles. The van der Waals surface area contributed by atoms with Crippen LogP contribution in [-0.2, 0) is 5.72 Å². The molecule has 0 saturated carbocycles. The molecule has 0 bridgehead atoms. The minimum atomic E-state index is -2.05. The molecule has 0 heterocycles. The van der Waals surface area contributed by atoms with E-state index in [2.05, 4.69) is 0 Å². The third kappa shape index (κ3) is 1.96. The Balaban J connectivity index is 3.08. The Morgan fingerprint density at radius 1 is 1.46 bits per heavy atom. The predicted octanol–water partition coefficient (Wildman–Crippen LogP) is 1.78. The van der Waals surface area contributed by atoms with Crippen molar-refractivity contribution in [2.75, 3.05) is 0 Å². The Bertz CT molecular complexity index is 321. The first-order valence-electron chi connectivity index (χ1n) is 3.57. The first kappa shape index (κ1) is 9.95. The van der Waals surface area contributed by atoms with E-state index in [4.69, 9.17) is 11.6 Å². The summed E-state index contributed by atoms with van der Waals surface area (Å²) in [5.41, 5.74) is -1.84. The summed E-state index contributed by atoms with van der Waals surface area (Å²) in [5, 5.41) is 20.3. The highest BCUT2D eigenvalue weighted by atomic mass is 35.5. The summed E-state index contributed by atoms with van der Waals surface area (Å²) in [4.78, 5) is 9.68. The molecule has 0 radical (unpaired) electrons. The summed E-state index contributed by atoms with van der Waals surface area (Å²) >= 11 is 5.59. The van der Waals surface area contributed by atoms with E-state index in [1.54, 1.807) is 0 Å². The minimum absolute atomic E-state index is 0.210. The first-order chi connectivity index (χ1) is 5.94. The summed E-state index contributed by atoms with van der Waals surface area (Å²) in [6.07, 6.45) is 0. The molecule has 1 unspecified atom stereocenters. The second-order valence-electron chi connectivity index (χ2n) is 2.78. The van der Waals surface area contributed by atoms with Crippen molar-refractivity contribution in [3.63, 3.8) is 0 Å². The van der Waals surface area contributed by atoms with Gasteiger partial charge < -0.3 is 5.11 Å². The minimum Gasteiger partial charge on any atom is -0.327 e. The number of hydrogen-bond acceptors (Lipinski definition) is 3. The Morgan fingerprint density at radius 2 is 1.92 bits per heavy atom. The Morgan fingerprint density at radius 3 is 2.31 bits per heavy atom. The highest BCUT2D eigenvalue weighted by Crippen LogP contribution is 2.22. The van der Waals surface area contributed by atoms with Gasteiger partial charge in [-0.2, -0.15) is 0 Å². The molecule has 1 aromatic carbocycles. The van der Waals surface area contributed by atoms with E-state index in [0.29, 0.717) is 5.02 Å². The lowest BCUT2D eigenvalue weighted by atomic mass is 10.1. The van der Waals surface area contributed by atoms with E-state index in [1.807, 2.05) is 0 Å². The fraction of sp³-hybridized carbons (Fsp3) is 0.250. The zero-order chi connectivity index (χ0) is 10.1. The predicted molar refractivity (Wildman–Crippen MR) is 48.0 cm³/mol. The van der Waals surface area contributed by atoms with Gasteiger partial charge in [0.1, 0.15) is 0 Å². The summed E-state index contributed by atoms with van der Waals surface area (Å²) in [5.74, 6) is 0. The topological polar surface area (TPSA) is 63.4 Å². The molecule has 0 aliphatic rings. The molecule has 13 heavy (non-hydrogen) atoms. The lowest BCUT2D eigenvalue weighted by Crippen LogP contribution is -2.31. The van der Waals surface area contributed by atoms with Crippen LogP contribution < -0.4 is 0 Å². The third-order valence-electron chi connectivity index (χ3n) is 1.75. The highest BCUT2D eigenvalue weighted by molar-refractivity contribution is 6.30. The van der Waals surface area contributed by atoms with Crippen LogP contribution in [0.3, 0.4) is 0 Å². The molecule has 1 aromatic rings. The normalized spacial score (nSPS) is 15.0. The second-order valence-corrected chi connectivity index (χ2v) is 3.22. The summed E-state index contributed by atoms with van der Waals surface area (Å²) in [6, 6.07) is 5.83. The Labute approximate surface area is 79.9 Å². The zero-order valence-corrected chi connectivity index (χ0v) is 7.65. The average molecular weight is 202 g/mol. The summed E-state index contributed by atoms with van der Waals surface area (Å²) in [6.45, 7) is 1.12. The van der Waals surface area contributed by atoms with Crippen molar-refractivity contribution >= 4 is 11.6 Å². The van der Waals surface area contributed by atoms with Crippen molar-refractivity contribution in [2.45, 2.75) is 12.6 Å². The van der Waals surface area contributed by atoms with Gasteiger partial charge in [-0.1, -0.05) is 11.6 Å². The maximum Gasteiger partial charge on any atom is 0.346 e. The van der Waals surface area contributed by atoms with Crippen molar-refractivity contribution in [2.24, 2.45) is 0 Å². The first-order valence-corrected chi connectivity index (χ1v) is 3.95. The molecule has 0 saturated heterocycles. The van der Waals surface area contributed by atoms with Gasteiger partial charge in [0.25, 0.3) is 0 Å². The van der Waals surface area contributed by atoms with Gasteiger partial charge >= 0.3 is 5.72 Å². The number of nitrogens with zero attached hydrogens (tertiary/aromatic N) is 1. The highest BCUT2D eigenvalue weighted by Gasteiger charge is 2.35. The number of aliphatic hydroxyl groups is 1. The van der Waals surface area contributed by atoms with E-state index in [-0.39, 0.29) is 5.56 Å². The molecule has 4 nitrogen and oxygen atoms in total. The summed E-state index contributed by atoms with van der Waals surface area (Å²) in [7, 11) is 0. The van der Waals surface area contributed by atoms with E-state index in [0.717, 1.165) is 6.92 Å². The van der Waals surface area contributed by atoms with Crippen LogP contribution in [0.2, 0.25) is 5.02 Å². The fourth-order valence-electron chi connectivity index (χ4n) is 0.871. The van der Waals surface area contributed by atoms with Crippen LogP contribution in [0.1, 0.15) is 12.5 Å². The van der Waals surface area contributed by atoms with Crippen molar-refractivity contribution in [1.82, 2.24) is 0 Å². The largest absolute Gasteiger partial charge is 0.346 e. The van der Waals surface area contributed by atoms with Crippen molar-refractivity contribution in [1.29, 1.82) is 0 Å². The molecule has 1 rings (SSSR count). The Kier molecular flexibility index (Phi) is 2.54. The van der Waals surface area contributed by atoms with Gasteiger partial charge in [-0.25, -0.2) is 0 Å². The number of nitro groups is 1. The van der Waals surface area contributed by atoms with Gasteiger partial charge in [0, 0.05) is 11.9 Å². The number of hydrogen-bond donors (Lipinski definition) is 1. The lowest BCUT2D eigenvalue weighted by Gasteiger charge is -2.13. The lowest BCUT2D eigenvalue weighted by molar-refractivity contribution is -0.630. The van der Waals surface area contributed by atoms with E-state index < -0.39 is 10.6 Å². The fourth-order valence-corrected chi connectivity index (χ4v) is 0.997. The second kappa shape index (κ2) is 3.32. The molecule has 1 N–H and O–H groups in total. The monoisotopic (exact) mass is 201 g/mol. The Hall–Kier alpha value is -1.13. The van der Waals surface area contributed by atoms with E-state index in [1.165, 1.54) is 24.3 Å². The van der Waals surface area contributed by atoms with Gasteiger partial charge in [-0.3, -0.25) is 10.1 Å². The maximum atomic E-state index is 10.4. The van der Waals surface area contributed by atoms with Gasteiger partial charge in [-0.15, -0.1) is 0 Å². The molecule has 0 aliphatic carbocycles. The molecule has 0 spiro atoms. The number of rotatable bonds is 2. The van der Waals surface area contributed by atoms with Gasteiger partial charge in [0.15, 0.2) is 0 Å². The van der Waals surface area contributed by atoms with Gasteiger partial charge in [0.2, 0.25) is 0 Å². The molecule has 70 valence electrons. The van der Waals surface area contributed by atoms with Crippen LogP contribution in [0.15, 0.2) is 24.3 Å². The maximum absolute atomic E-state index is 10.4. The quantitative estimate of drug-likeness (QED) is 0.451. The van der Waals surface area contributed by atoms with E-state index >= 15 is 0 Å². The molecule has 0 amide bonds. The van der Waals surface area contributed by atoms with Crippen molar-refractivity contribution < 1.29 is 10.0 Å². The molecule has 0 fully saturated rings. The van der Waals surface area contributed by atoms with Crippen molar-refractivity contribution in [3.8, 4) is 0 Å². The molecule has 5 heteroatoms. The van der Waals surface area contributed by atoms with Crippen LogP contribution in [0.5, 0.6) is 0 Å². The van der Waals surface area contributed by atoms with Crippen LogP contribution in [-0.4, -0.2) is 10.0 Å². The molecule has 1 atom stereocenters. The van der Waals surface area contributed by atoms with Crippen LogP contribution >= 0.6 is 11.6 Å².